The molecule has 0 aliphatic carbocycles. The molecule has 90 valence electrons. The van der Waals surface area contributed by atoms with E-state index in [4.69, 9.17) is 15.4 Å². The molecule has 1 aromatic rings. The highest BCUT2D eigenvalue weighted by Crippen LogP contribution is 2.28. The highest BCUT2D eigenvalue weighted by molar-refractivity contribution is 8.13. The second kappa shape index (κ2) is 4.97. The van der Waals surface area contributed by atoms with Gasteiger partial charge in [0.05, 0.1) is 0 Å². The fourth-order valence-electron chi connectivity index (χ4n) is 1.08. The standard InChI is InChI=1S/C9H9ClF2O3S/c1-6-2-3-8(16(10,13)14)7(4-6)15-5-9(11)12/h2-4,9H,5H2,1H3. The van der Waals surface area contributed by atoms with Crippen LogP contribution in [-0.2, 0) is 9.05 Å². The Labute approximate surface area is 96.4 Å². The first-order valence-electron chi connectivity index (χ1n) is 4.27. The number of hydrogen-bond donors (Lipinski definition) is 0. The van der Waals surface area contributed by atoms with Crippen molar-refractivity contribution in [2.45, 2.75) is 18.2 Å². The summed E-state index contributed by atoms with van der Waals surface area (Å²) in [6.45, 7) is 0.808. The van der Waals surface area contributed by atoms with Crippen molar-refractivity contribution < 1.29 is 21.9 Å². The van der Waals surface area contributed by atoms with E-state index in [2.05, 4.69) is 0 Å². The maximum Gasteiger partial charge on any atom is 0.272 e. The molecule has 0 unspecified atom stereocenters. The van der Waals surface area contributed by atoms with Crippen LogP contribution in [-0.4, -0.2) is 21.5 Å². The predicted octanol–water partition coefficient (Wildman–Crippen LogP) is 2.57. The Morgan fingerprint density at radius 2 is 2.06 bits per heavy atom. The van der Waals surface area contributed by atoms with Crippen LogP contribution < -0.4 is 4.74 Å². The van der Waals surface area contributed by atoms with Crippen LogP contribution in [0.1, 0.15) is 5.56 Å². The van der Waals surface area contributed by atoms with Gasteiger partial charge in [0, 0.05) is 10.7 Å². The number of benzene rings is 1. The molecule has 1 aromatic carbocycles. The fourth-order valence-corrected chi connectivity index (χ4v) is 2.05. The van der Waals surface area contributed by atoms with E-state index < -0.39 is 22.1 Å². The van der Waals surface area contributed by atoms with E-state index in [0.717, 1.165) is 0 Å². The van der Waals surface area contributed by atoms with E-state index >= 15 is 0 Å². The molecule has 1 rings (SSSR count). The van der Waals surface area contributed by atoms with Crippen LogP contribution >= 0.6 is 10.7 Å². The number of halogens is 3. The first kappa shape index (κ1) is 13.2. The lowest BCUT2D eigenvalue weighted by Crippen LogP contribution is -2.09. The van der Waals surface area contributed by atoms with Gasteiger partial charge >= 0.3 is 0 Å². The van der Waals surface area contributed by atoms with Gasteiger partial charge in [0.2, 0.25) is 0 Å². The number of aryl methyl sites for hydroxylation is 1. The Hall–Kier alpha value is -0.880. The van der Waals surface area contributed by atoms with Gasteiger partial charge in [-0.3, -0.25) is 0 Å². The smallest absolute Gasteiger partial charge is 0.272 e. The monoisotopic (exact) mass is 270 g/mol. The van der Waals surface area contributed by atoms with Crippen LogP contribution in [0.5, 0.6) is 5.75 Å². The molecular weight excluding hydrogens is 262 g/mol. The molecule has 0 aliphatic rings. The van der Waals surface area contributed by atoms with Crippen LogP contribution in [0.3, 0.4) is 0 Å². The van der Waals surface area contributed by atoms with E-state index in [-0.39, 0.29) is 10.6 Å². The first-order chi connectivity index (χ1) is 7.30. The fraction of sp³-hybridized carbons (Fsp3) is 0.333. The van der Waals surface area contributed by atoms with Gasteiger partial charge in [0.1, 0.15) is 17.3 Å². The highest BCUT2D eigenvalue weighted by Gasteiger charge is 2.17. The van der Waals surface area contributed by atoms with Crippen molar-refractivity contribution >= 4 is 19.7 Å². The molecule has 0 saturated heterocycles. The van der Waals surface area contributed by atoms with Crippen molar-refractivity contribution in [2.24, 2.45) is 0 Å². The summed E-state index contributed by atoms with van der Waals surface area (Å²) < 4.78 is 50.8. The minimum atomic E-state index is -4.00. The Morgan fingerprint density at radius 3 is 2.56 bits per heavy atom. The summed E-state index contributed by atoms with van der Waals surface area (Å²) in [7, 11) is 1.14. The topological polar surface area (TPSA) is 43.4 Å². The SMILES string of the molecule is Cc1ccc(S(=O)(=O)Cl)c(OCC(F)F)c1. The van der Waals surface area contributed by atoms with Gasteiger partial charge in [0.25, 0.3) is 15.5 Å². The zero-order valence-corrected chi connectivity index (χ0v) is 9.86. The Kier molecular flexibility index (Phi) is 4.09. The van der Waals surface area contributed by atoms with Gasteiger partial charge in [0.15, 0.2) is 0 Å². The lowest BCUT2D eigenvalue weighted by atomic mass is 10.2. The van der Waals surface area contributed by atoms with Crippen LogP contribution in [0, 0.1) is 6.92 Å². The third-order valence-corrected chi connectivity index (χ3v) is 3.09. The molecule has 0 fully saturated rings. The van der Waals surface area contributed by atoms with Crippen molar-refractivity contribution in [1.29, 1.82) is 0 Å². The quantitative estimate of drug-likeness (QED) is 0.790. The van der Waals surface area contributed by atoms with Crippen molar-refractivity contribution in [3.8, 4) is 5.75 Å². The molecule has 0 saturated carbocycles. The van der Waals surface area contributed by atoms with E-state index in [1.54, 1.807) is 6.92 Å². The second-order valence-corrected chi connectivity index (χ2v) is 5.62. The summed E-state index contributed by atoms with van der Waals surface area (Å²) in [4.78, 5) is -0.305. The summed E-state index contributed by atoms with van der Waals surface area (Å²) in [5.41, 5.74) is 0.688. The van der Waals surface area contributed by atoms with Gasteiger partial charge in [-0.05, 0) is 24.6 Å². The predicted molar refractivity (Wildman–Crippen MR) is 55.7 cm³/mol. The van der Waals surface area contributed by atoms with Crippen molar-refractivity contribution in [3.63, 3.8) is 0 Å². The highest BCUT2D eigenvalue weighted by atomic mass is 35.7. The number of hydrogen-bond acceptors (Lipinski definition) is 3. The third kappa shape index (κ3) is 3.61. The van der Waals surface area contributed by atoms with Crippen LogP contribution in [0.2, 0.25) is 0 Å². The number of alkyl halides is 2. The molecule has 0 radical (unpaired) electrons. The molecule has 0 bridgehead atoms. The number of rotatable bonds is 4. The van der Waals surface area contributed by atoms with Crippen molar-refractivity contribution in [1.82, 2.24) is 0 Å². The van der Waals surface area contributed by atoms with Crippen LogP contribution in [0.25, 0.3) is 0 Å². The van der Waals surface area contributed by atoms with E-state index in [0.29, 0.717) is 5.56 Å². The normalized spacial score (nSPS) is 11.8. The molecule has 0 amide bonds. The Bertz CT molecular complexity index is 474. The van der Waals surface area contributed by atoms with Crippen LogP contribution in [0.15, 0.2) is 23.1 Å². The third-order valence-electron chi connectivity index (χ3n) is 1.73. The first-order valence-corrected chi connectivity index (χ1v) is 6.58. The van der Waals surface area contributed by atoms with Crippen LogP contribution in [0.4, 0.5) is 8.78 Å². The summed E-state index contributed by atoms with van der Waals surface area (Å²) in [6.07, 6.45) is -2.67. The average molecular weight is 271 g/mol. The lowest BCUT2D eigenvalue weighted by Gasteiger charge is -2.09. The maximum atomic E-state index is 11.9. The zero-order chi connectivity index (χ0) is 12.3. The largest absolute Gasteiger partial charge is 0.486 e. The summed E-state index contributed by atoms with van der Waals surface area (Å²) in [6, 6.07) is 4.07. The molecule has 0 aromatic heterocycles. The second-order valence-electron chi connectivity index (χ2n) is 3.09. The molecule has 16 heavy (non-hydrogen) atoms. The Balaban J connectivity index is 3.09. The maximum absolute atomic E-state index is 11.9. The summed E-state index contributed by atoms with van der Waals surface area (Å²) >= 11 is 0. The van der Waals surface area contributed by atoms with E-state index in [1.807, 2.05) is 0 Å². The molecule has 0 N–H and O–H groups in total. The molecule has 7 heteroatoms. The minimum absolute atomic E-state index is 0.157. The molecular formula is C9H9ClF2O3S. The van der Waals surface area contributed by atoms with Gasteiger partial charge in [-0.1, -0.05) is 6.07 Å². The van der Waals surface area contributed by atoms with Crippen molar-refractivity contribution in [2.75, 3.05) is 6.61 Å². The zero-order valence-electron chi connectivity index (χ0n) is 8.28. The van der Waals surface area contributed by atoms with Gasteiger partial charge in [-0.2, -0.15) is 0 Å². The molecule has 0 spiro atoms. The summed E-state index contributed by atoms with van der Waals surface area (Å²) in [5, 5.41) is 0. The molecule has 0 atom stereocenters. The lowest BCUT2D eigenvalue weighted by molar-refractivity contribution is 0.0804. The Morgan fingerprint density at radius 1 is 1.44 bits per heavy atom. The van der Waals surface area contributed by atoms with E-state index in [1.165, 1.54) is 18.2 Å². The molecule has 0 heterocycles. The van der Waals surface area contributed by atoms with Gasteiger partial charge in [-0.15, -0.1) is 0 Å². The van der Waals surface area contributed by atoms with Gasteiger partial charge < -0.3 is 4.74 Å². The molecule has 3 nitrogen and oxygen atoms in total. The molecule has 0 aliphatic heterocycles. The van der Waals surface area contributed by atoms with E-state index in [9.17, 15) is 17.2 Å². The average Bonchev–Trinajstić information content (AvgIpc) is 2.12. The summed E-state index contributed by atoms with van der Waals surface area (Å²) in [5.74, 6) is -0.157. The van der Waals surface area contributed by atoms with Gasteiger partial charge in [-0.25, -0.2) is 17.2 Å². The van der Waals surface area contributed by atoms with Crippen molar-refractivity contribution in [3.05, 3.63) is 23.8 Å². The number of ether oxygens (including phenoxy) is 1. The minimum Gasteiger partial charge on any atom is -0.486 e.